The smallest absolute Gasteiger partial charge is 0.338 e. The third-order valence-corrected chi connectivity index (χ3v) is 6.66. The fourth-order valence-electron chi connectivity index (χ4n) is 5.01. The summed E-state index contributed by atoms with van der Waals surface area (Å²) in [6.07, 6.45) is 3.08. The van der Waals surface area contributed by atoms with Gasteiger partial charge in [0.2, 0.25) is 11.8 Å². The Bertz CT molecular complexity index is 1180. The molecule has 9 heteroatoms. The van der Waals surface area contributed by atoms with Gasteiger partial charge in [0.15, 0.2) is 6.61 Å². The van der Waals surface area contributed by atoms with Crippen molar-refractivity contribution < 1.29 is 28.7 Å². The zero-order valence-electron chi connectivity index (χ0n) is 18.4. The van der Waals surface area contributed by atoms with Gasteiger partial charge in [0.1, 0.15) is 5.54 Å². The Labute approximate surface area is 195 Å². The minimum absolute atomic E-state index is 0.171. The van der Waals surface area contributed by atoms with E-state index in [2.05, 4.69) is 5.32 Å². The quantitative estimate of drug-likeness (QED) is 0.553. The number of imide groups is 1. The number of esters is 1. The first-order valence-electron chi connectivity index (χ1n) is 11.3. The summed E-state index contributed by atoms with van der Waals surface area (Å²) in [4.78, 5) is 65.2. The predicted octanol–water partition coefficient (Wildman–Crippen LogP) is 2.79. The van der Waals surface area contributed by atoms with Crippen LogP contribution in [0.3, 0.4) is 0 Å². The molecule has 2 aromatic carbocycles. The van der Waals surface area contributed by atoms with Gasteiger partial charge in [0, 0.05) is 12.8 Å². The van der Waals surface area contributed by atoms with E-state index in [1.165, 1.54) is 29.2 Å². The Morgan fingerprint density at radius 2 is 1.56 bits per heavy atom. The summed E-state index contributed by atoms with van der Waals surface area (Å²) >= 11 is 0. The number of nitrogens with one attached hydrogen (secondary N) is 1. The molecule has 0 radical (unpaired) electrons. The molecule has 3 aliphatic rings. The molecule has 1 saturated carbocycles. The monoisotopic (exact) mass is 461 g/mol. The zero-order chi connectivity index (χ0) is 23.9. The van der Waals surface area contributed by atoms with Crippen LogP contribution in [0, 0.1) is 0 Å². The molecule has 5 rings (SSSR count). The summed E-state index contributed by atoms with van der Waals surface area (Å²) in [5, 5.41) is 2.91. The molecule has 2 aromatic rings. The number of ether oxygens (including phenoxy) is 1. The Morgan fingerprint density at radius 3 is 2.24 bits per heavy atom. The molecule has 174 valence electrons. The fourth-order valence-corrected chi connectivity index (χ4v) is 5.01. The third-order valence-electron chi connectivity index (χ3n) is 6.66. The van der Waals surface area contributed by atoms with Gasteiger partial charge in [-0.25, -0.2) is 4.79 Å². The van der Waals surface area contributed by atoms with Gasteiger partial charge in [0.05, 0.1) is 22.6 Å². The maximum atomic E-state index is 13.3. The lowest BCUT2D eigenvalue weighted by Gasteiger charge is -2.44. The standard InChI is InChI=1S/C25H23N3O6/c29-20-11-12-21(30)27(20)17-9-7-16(8-10-17)23(32)34-15-22(31)28-19-6-2-1-5-18(19)26-24(33)25(28)13-3-4-14-25/h1-2,5-10H,3-4,11-15H2,(H,26,33). The predicted molar refractivity (Wildman–Crippen MR) is 122 cm³/mol. The summed E-state index contributed by atoms with van der Waals surface area (Å²) in [7, 11) is 0. The van der Waals surface area contributed by atoms with E-state index in [9.17, 15) is 24.0 Å². The number of nitrogens with zero attached hydrogens (tertiary/aromatic N) is 2. The first kappa shape index (κ1) is 21.8. The molecule has 34 heavy (non-hydrogen) atoms. The van der Waals surface area contributed by atoms with E-state index < -0.39 is 24.0 Å². The number of fused-ring (bicyclic) bond motifs is 1. The highest BCUT2D eigenvalue weighted by Crippen LogP contribution is 2.45. The molecule has 2 fully saturated rings. The topological polar surface area (TPSA) is 113 Å². The summed E-state index contributed by atoms with van der Waals surface area (Å²) in [6, 6.07) is 13.0. The van der Waals surface area contributed by atoms with Crippen molar-refractivity contribution in [2.45, 2.75) is 44.1 Å². The maximum absolute atomic E-state index is 13.3. The van der Waals surface area contributed by atoms with Gasteiger partial charge in [-0.05, 0) is 49.2 Å². The van der Waals surface area contributed by atoms with Crippen molar-refractivity contribution in [1.29, 1.82) is 0 Å². The highest BCUT2D eigenvalue weighted by Gasteiger charge is 2.52. The average molecular weight is 461 g/mol. The Hall–Kier alpha value is -4.01. The number of carbonyl (C=O) groups is 5. The van der Waals surface area contributed by atoms with Crippen LogP contribution in [-0.2, 0) is 23.9 Å². The Kier molecular flexibility index (Phi) is 5.39. The van der Waals surface area contributed by atoms with Gasteiger partial charge in [-0.3, -0.25) is 29.0 Å². The first-order chi connectivity index (χ1) is 16.4. The Morgan fingerprint density at radius 1 is 0.912 bits per heavy atom. The molecule has 2 aliphatic heterocycles. The molecule has 2 heterocycles. The SMILES string of the molecule is O=C(OCC(=O)N1c2ccccc2NC(=O)C12CCCC2)c1ccc(N2C(=O)CCC2=O)cc1. The molecule has 4 amide bonds. The van der Waals surface area contributed by atoms with Crippen molar-refractivity contribution in [2.75, 3.05) is 21.7 Å². The van der Waals surface area contributed by atoms with Gasteiger partial charge < -0.3 is 10.1 Å². The van der Waals surface area contributed by atoms with Crippen LogP contribution in [0.25, 0.3) is 0 Å². The number of carbonyl (C=O) groups excluding carboxylic acids is 5. The number of rotatable bonds is 4. The second-order valence-electron chi connectivity index (χ2n) is 8.69. The molecule has 0 bridgehead atoms. The van der Waals surface area contributed by atoms with E-state index in [1.807, 2.05) is 0 Å². The van der Waals surface area contributed by atoms with Gasteiger partial charge in [-0.1, -0.05) is 25.0 Å². The minimum atomic E-state index is -0.978. The lowest BCUT2D eigenvalue weighted by atomic mass is 9.90. The molecule has 1 aliphatic carbocycles. The number of hydrogen-bond acceptors (Lipinski definition) is 6. The van der Waals surface area contributed by atoms with Gasteiger partial charge in [0.25, 0.3) is 11.8 Å². The lowest BCUT2D eigenvalue weighted by molar-refractivity contribution is -0.129. The molecule has 9 nitrogen and oxygen atoms in total. The summed E-state index contributed by atoms with van der Waals surface area (Å²) in [5.41, 5.74) is 0.733. The highest BCUT2D eigenvalue weighted by molar-refractivity contribution is 6.20. The van der Waals surface area contributed by atoms with Crippen molar-refractivity contribution in [3.63, 3.8) is 0 Å². The van der Waals surface area contributed by atoms with Crippen molar-refractivity contribution in [3.05, 3.63) is 54.1 Å². The minimum Gasteiger partial charge on any atom is -0.452 e. The normalized spacial score (nSPS) is 18.8. The fraction of sp³-hybridized carbons (Fsp3) is 0.320. The van der Waals surface area contributed by atoms with Gasteiger partial charge in [-0.2, -0.15) is 0 Å². The molecule has 1 saturated heterocycles. The van der Waals surface area contributed by atoms with Gasteiger partial charge >= 0.3 is 5.97 Å². The van der Waals surface area contributed by atoms with Crippen LogP contribution in [0.15, 0.2) is 48.5 Å². The number of hydrogen-bond donors (Lipinski definition) is 1. The van der Waals surface area contributed by atoms with E-state index in [1.54, 1.807) is 24.3 Å². The van der Waals surface area contributed by atoms with Crippen molar-refractivity contribution in [3.8, 4) is 0 Å². The third kappa shape index (κ3) is 3.53. The van der Waals surface area contributed by atoms with Crippen molar-refractivity contribution in [1.82, 2.24) is 0 Å². The van der Waals surface area contributed by atoms with Crippen LogP contribution in [0.4, 0.5) is 17.1 Å². The number of para-hydroxylation sites is 2. The second-order valence-corrected chi connectivity index (χ2v) is 8.69. The second kappa shape index (κ2) is 8.40. The molecular weight excluding hydrogens is 438 g/mol. The molecule has 1 spiro atoms. The van der Waals surface area contributed by atoms with E-state index >= 15 is 0 Å². The number of amides is 4. The van der Waals surface area contributed by atoms with E-state index in [-0.39, 0.29) is 36.1 Å². The van der Waals surface area contributed by atoms with Gasteiger partial charge in [-0.15, -0.1) is 0 Å². The number of benzene rings is 2. The summed E-state index contributed by atoms with van der Waals surface area (Å²) in [6.45, 7) is -0.521. The van der Waals surface area contributed by atoms with E-state index in [0.717, 1.165) is 17.7 Å². The van der Waals surface area contributed by atoms with Crippen LogP contribution in [0.1, 0.15) is 48.9 Å². The first-order valence-corrected chi connectivity index (χ1v) is 11.3. The number of anilines is 3. The highest BCUT2D eigenvalue weighted by atomic mass is 16.5. The van der Waals surface area contributed by atoms with Crippen LogP contribution < -0.4 is 15.1 Å². The maximum Gasteiger partial charge on any atom is 0.338 e. The Balaban J connectivity index is 1.31. The molecule has 1 N–H and O–H groups in total. The van der Waals surface area contributed by atoms with E-state index in [4.69, 9.17) is 4.74 Å². The van der Waals surface area contributed by atoms with Crippen molar-refractivity contribution >= 4 is 46.7 Å². The molecular formula is C25H23N3O6. The molecule has 0 unspecified atom stereocenters. The molecule has 0 atom stereocenters. The summed E-state index contributed by atoms with van der Waals surface area (Å²) < 4.78 is 5.29. The zero-order valence-corrected chi connectivity index (χ0v) is 18.4. The molecule has 0 aromatic heterocycles. The lowest BCUT2D eigenvalue weighted by Crippen LogP contribution is -2.61. The van der Waals surface area contributed by atoms with Crippen LogP contribution in [0.2, 0.25) is 0 Å². The van der Waals surface area contributed by atoms with Crippen LogP contribution in [0.5, 0.6) is 0 Å². The van der Waals surface area contributed by atoms with Crippen LogP contribution >= 0.6 is 0 Å². The average Bonchev–Trinajstić information content (AvgIpc) is 3.45. The van der Waals surface area contributed by atoms with Crippen molar-refractivity contribution in [2.24, 2.45) is 0 Å². The van der Waals surface area contributed by atoms with Crippen LogP contribution in [-0.4, -0.2) is 41.7 Å². The summed E-state index contributed by atoms with van der Waals surface area (Å²) in [5.74, 6) is -1.96. The van der Waals surface area contributed by atoms with E-state index in [0.29, 0.717) is 29.9 Å². The largest absolute Gasteiger partial charge is 0.452 e.